The van der Waals surface area contributed by atoms with Crippen LogP contribution < -0.4 is 26.2 Å². The molecule has 4 aromatic rings. The Bertz CT molecular complexity index is 2010. The summed E-state index contributed by atoms with van der Waals surface area (Å²) < 4.78 is 5.97. The number of amides is 2. The summed E-state index contributed by atoms with van der Waals surface area (Å²) in [6.45, 7) is 0.810. The Morgan fingerprint density at radius 3 is 2.83 bits per heavy atom. The first kappa shape index (κ1) is 31.2. The van der Waals surface area contributed by atoms with Crippen LogP contribution >= 0.6 is 46.0 Å². The van der Waals surface area contributed by atoms with E-state index in [0.29, 0.717) is 24.0 Å². The molecule has 0 unspecified atom stereocenters. The lowest BCUT2D eigenvalue weighted by atomic mass is 10.0. The Balaban J connectivity index is 1.06. The summed E-state index contributed by atoms with van der Waals surface area (Å²) in [5.74, 6) is -2.11. The first-order valence-corrected chi connectivity index (χ1v) is 17.5. The van der Waals surface area contributed by atoms with Crippen molar-refractivity contribution in [2.45, 2.75) is 43.4 Å². The van der Waals surface area contributed by atoms with Gasteiger partial charge in [-0.2, -0.15) is 0 Å². The maximum Gasteiger partial charge on any atom is 0.276 e. The number of aliphatic carboxylic acids is 1. The molecule has 0 radical (unpaired) electrons. The van der Waals surface area contributed by atoms with Gasteiger partial charge >= 0.3 is 0 Å². The zero-order chi connectivity index (χ0) is 33.0. The number of imidazole rings is 1. The maximum atomic E-state index is 13.3. The van der Waals surface area contributed by atoms with Crippen LogP contribution in [-0.2, 0) is 32.3 Å². The SMILES string of the molecule is CO/N=C(\C(=O)N[C@@H]1C(=O)N2C(C(=O)[O-])=C(C[n+]3ccc4n(Cc5cc(C(=N)NC6CC6)cs5)ccn43)CS[C@H]12)c1nc(N)sc1Cl. The minimum atomic E-state index is -1.48. The van der Waals surface area contributed by atoms with Crippen molar-refractivity contribution in [3.8, 4) is 0 Å². The molecule has 19 heteroatoms. The van der Waals surface area contributed by atoms with E-state index >= 15 is 0 Å². The molecule has 4 aromatic heterocycles. The van der Waals surface area contributed by atoms with Gasteiger partial charge in [0.05, 0.1) is 30.5 Å². The van der Waals surface area contributed by atoms with Crippen molar-refractivity contribution in [1.29, 1.82) is 5.41 Å². The molecule has 244 valence electrons. The number of nitrogens with two attached hydrogens (primary N) is 1. The lowest BCUT2D eigenvalue weighted by Gasteiger charge is -2.50. The van der Waals surface area contributed by atoms with Crippen LogP contribution in [0.4, 0.5) is 5.13 Å². The van der Waals surface area contributed by atoms with Crippen molar-refractivity contribution in [2.24, 2.45) is 5.16 Å². The number of oxime groups is 1. The number of halogens is 1. The summed E-state index contributed by atoms with van der Waals surface area (Å²) >= 11 is 10.0. The number of nitrogens with one attached hydrogen (secondary N) is 3. The van der Waals surface area contributed by atoms with Crippen molar-refractivity contribution in [3.63, 3.8) is 0 Å². The Kier molecular flexibility index (Phi) is 8.19. The van der Waals surface area contributed by atoms with Crippen molar-refractivity contribution in [1.82, 2.24) is 29.6 Å². The zero-order valence-electron chi connectivity index (χ0n) is 24.6. The van der Waals surface area contributed by atoms with Gasteiger partial charge in [-0.3, -0.25) is 19.9 Å². The number of carbonyl (C=O) groups is 3. The quantitative estimate of drug-likeness (QED) is 0.0557. The Hall–Kier alpha value is -4.39. The fourth-order valence-corrected chi connectivity index (χ4v) is 8.66. The van der Waals surface area contributed by atoms with E-state index in [9.17, 15) is 19.5 Å². The average molecular weight is 715 g/mol. The number of carboxylic acid groups (broad SMARTS) is 1. The third-order valence-electron chi connectivity index (χ3n) is 7.89. The number of nitrogen functional groups attached to an aromatic ring is 1. The van der Waals surface area contributed by atoms with Crippen LogP contribution in [0.1, 0.15) is 29.0 Å². The van der Waals surface area contributed by atoms with Crippen molar-refractivity contribution in [2.75, 3.05) is 18.6 Å². The van der Waals surface area contributed by atoms with E-state index in [0.717, 1.165) is 45.2 Å². The molecule has 6 heterocycles. The fourth-order valence-electron chi connectivity index (χ4n) is 5.53. The van der Waals surface area contributed by atoms with Crippen LogP contribution in [-0.4, -0.2) is 78.6 Å². The van der Waals surface area contributed by atoms with Crippen LogP contribution in [0.2, 0.25) is 4.34 Å². The van der Waals surface area contributed by atoms with Crippen molar-refractivity contribution < 1.29 is 29.0 Å². The minimum absolute atomic E-state index is 0.0113. The summed E-state index contributed by atoms with van der Waals surface area (Å²) in [5, 5.41) is 31.7. The molecule has 2 amide bonds. The number of thiophene rings is 1. The van der Waals surface area contributed by atoms with E-state index in [1.54, 1.807) is 11.3 Å². The molecule has 1 saturated carbocycles. The van der Waals surface area contributed by atoms with Gasteiger partial charge in [-0.05, 0) is 18.9 Å². The van der Waals surface area contributed by atoms with E-state index in [4.69, 9.17) is 27.6 Å². The van der Waals surface area contributed by atoms with Crippen LogP contribution in [0, 0.1) is 5.41 Å². The summed E-state index contributed by atoms with van der Waals surface area (Å²) in [5.41, 5.74) is 7.51. The third kappa shape index (κ3) is 5.85. The number of aromatic nitrogens is 4. The molecule has 47 heavy (non-hydrogen) atoms. The molecule has 2 fully saturated rings. The van der Waals surface area contributed by atoms with Gasteiger partial charge in [-0.25, -0.2) is 4.98 Å². The van der Waals surface area contributed by atoms with Crippen LogP contribution in [0.3, 0.4) is 0 Å². The number of β-lactam (4-membered cyclic amide) rings is 1. The molecule has 0 aromatic carbocycles. The summed E-state index contributed by atoms with van der Waals surface area (Å²) in [6.07, 6.45) is 7.90. The number of rotatable bonds is 11. The summed E-state index contributed by atoms with van der Waals surface area (Å²) in [7, 11) is 1.25. The average Bonchev–Trinajstić information content (AvgIpc) is 3.35. The molecule has 5 N–H and O–H groups in total. The summed E-state index contributed by atoms with van der Waals surface area (Å²) in [6, 6.07) is 3.36. The highest BCUT2D eigenvalue weighted by Gasteiger charge is 2.53. The molecule has 1 aliphatic carbocycles. The number of fused-ring (bicyclic) bond motifs is 2. The number of anilines is 1. The number of nitrogens with zero attached hydrogens (tertiary/aromatic N) is 6. The van der Waals surface area contributed by atoms with Crippen LogP contribution in [0.25, 0.3) is 5.65 Å². The number of carboxylic acids is 1. The molecule has 1 saturated heterocycles. The Labute approximate surface area is 284 Å². The lowest BCUT2D eigenvalue weighted by Crippen LogP contribution is -2.71. The number of thiazole rings is 1. The first-order valence-electron chi connectivity index (χ1n) is 14.3. The number of amidine groups is 1. The van der Waals surface area contributed by atoms with E-state index in [2.05, 4.69) is 25.3 Å². The highest BCUT2D eigenvalue weighted by atomic mass is 35.5. The van der Waals surface area contributed by atoms with Gasteiger partial charge < -0.3 is 35.7 Å². The lowest BCUT2D eigenvalue weighted by molar-refractivity contribution is -0.753. The first-order chi connectivity index (χ1) is 22.6. The second-order valence-electron chi connectivity index (χ2n) is 11.0. The van der Waals surface area contributed by atoms with Gasteiger partial charge in [0.2, 0.25) is 0 Å². The normalized spacial score (nSPS) is 19.5. The second kappa shape index (κ2) is 12.3. The maximum absolute atomic E-state index is 13.3. The molecular formula is C28H27ClN10O5S3. The van der Waals surface area contributed by atoms with Crippen molar-refractivity contribution >= 4 is 86.1 Å². The number of thioether (sulfide) groups is 1. The van der Waals surface area contributed by atoms with Crippen LogP contribution in [0.15, 0.2) is 52.5 Å². The van der Waals surface area contributed by atoms with Crippen molar-refractivity contribution in [3.05, 3.63) is 67.8 Å². The van der Waals surface area contributed by atoms with Gasteiger partial charge in [-0.15, -0.1) is 32.3 Å². The highest BCUT2D eigenvalue weighted by Crippen LogP contribution is 2.40. The summed E-state index contributed by atoms with van der Waals surface area (Å²) in [4.78, 5) is 49.9. The van der Waals surface area contributed by atoms with Gasteiger partial charge in [0, 0.05) is 39.4 Å². The Morgan fingerprint density at radius 2 is 2.13 bits per heavy atom. The van der Waals surface area contributed by atoms with Gasteiger partial charge in [0.15, 0.2) is 29.2 Å². The van der Waals surface area contributed by atoms with E-state index in [1.165, 1.54) is 18.9 Å². The van der Waals surface area contributed by atoms with Gasteiger partial charge in [-0.1, -0.05) is 28.1 Å². The predicted octanol–water partition coefficient (Wildman–Crippen LogP) is 0.362. The van der Waals surface area contributed by atoms with Crippen LogP contribution in [0.5, 0.6) is 0 Å². The molecule has 3 aliphatic rings. The topological polar surface area (TPSA) is 199 Å². The van der Waals surface area contributed by atoms with Gasteiger partial charge in [0.25, 0.3) is 11.8 Å². The molecule has 0 bridgehead atoms. The predicted molar refractivity (Wildman–Crippen MR) is 174 cm³/mol. The molecule has 2 aliphatic heterocycles. The smallest absolute Gasteiger partial charge is 0.276 e. The fraction of sp³-hybridized carbons (Fsp3) is 0.321. The molecule has 7 rings (SSSR count). The Morgan fingerprint density at radius 1 is 1.32 bits per heavy atom. The largest absolute Gasteiger partial charge is 0.543 e. The van der Waals surface area contributed by atoms with E-state index in [-0.39, 0.29) is 38.9 Å². The standard InChI is InChI=1S/C28H27ClN10O5S3/c1-44-35-19(18-22(29)47-28(31)34-18)24(40)33-20-25(41)39-21(27(42)43)14(12-46-26(20)39)9-37-5-4-17-36(6-7-38(17)37)10-16-8-13(11-45-16)23(30)32-15-2-3-15/h4-8,11,15,20,26H,2-3,9-10,12H2,1H3,(H5-,30,31,32,33,34,40,42,43)/b35-19-/t20-,26-/m1/s1. The molecule has 15 nitrogen and oxygen atoms in total. The number of carbonyl (C=O) groups excluding carboxylic acids is 3. The second-order valence-corrected chi connectivity index (χ2v) is 14.8. The minimum Gasteiger partial charge on any atom is -0.543 e. The molecule has 0 spiro atoms. The zero-order valence-corrected chi connectivity index (χ0v) is 27.8. The van der Waals surface area contributed by atoms with Gasteiger partial charge in [0.1, 0.15) is 34.4 Å². The van der Waals surface area contributed by atoms with E-state index < -0.39 is 29.2 Å². The number of hydrogen-bond acceptors (Lipinski definition) is 12. The number of hydrogen-bond donors (Lipinski definition) is 4. The monoisotopic (exact) mass is 714 g/mol. The third-order valence-corrected chi connectivity index (χ3v) is 11.2. The van der Waals surface area contributed by atoms with E-state index in [1.807, 2.05) is 45.3 Å². The highest BCUT2D eigenvalue weighted by molar-refractivity contribution is 8.00. The molecular weight excluding hydrogens is 688 g/mol. The molecule has 2 atom stereocenters.